The monoisotopic (exact) mass is 1840 g/mol. The van der Waals surface area contributed by atoms with E-state index in [0.29, 0.717) is 64.5 Å². The Kier molecular flexibility index (Phi) is 60.8. The third-order valence-corrected chi connectivity index (χ3v) is 24.4. The van der Waals surface area contributed by atoms with Gasteiger partial charge in [-0.3, -0.25) is 52.7 Å². The van der Waals surface area contributed by atoms with E-state index in [4.69, 9.17) is 21.9 Å². The van der Waals surface area contributed by atoms with Gasteiger partial charge in [-0.15, -0.1) is 0 Å². The van der Waals surface area contributed by atoms with Crippen molar-refractivity contribution >= 4 is 65.0 Å². The number of carbonyl (C=O) groups excluding carboxylic acids is 11. The van der Waals surface area contributed by atoms with Crippen LogP contribution in [0.2, 0.25) is 0 Å². The van der Waals surface area contributed by atoms with Crippen molar-refractivity contribution in [1.29, 1.82) is 0 Å². The summed E-state index contributed by atoms with van der Waals surface area (Å²) >= 11 is 0. The summed E-state index contributed by atoms with van der Waals surface area (Å²) in [4.78, 5) is 179. The highest BCUT2D eigenvalue weighted by atomic mass is 16.5. The summed E-state index contributed by atoms with van der Waals surface area (Å²) in [5.74, 6) is -5.58. The number of benzene rings is 4. The first-order valence-electron chi connectivity index (χ1n) is 50.6. The normalized spacial score (nSPS) is 11.4. The Morgan fingerprint density at radius 3 is 0.652 bits per heavy atom. The third kappa shape index (κ3) is 52.5. The number of nitrogens with zero attached hydrogens (tertiary/aromatic N) is 10. The molecule has 4 aromatic rings. The quantitative estimate of drug-likeness (QED) is 0.0299. The van der Waals surface area contributed by atoms with Gasteiger partial charge in [-0.25, -0.2) is 0 Å². The molecule has 26 heteroatoms. The lowest BCUT2D eigenvalue weighted by molar-refractivity contribution is -0.149. The van der Waals surface area contributed by atoms with Crippen LogP contribution >= 0.6 is 0 Å². The number of primary amides is 1. The Hall–Kier alpha value is -9.11. The van der Waals surface area contributed by atoms with E-state index in [0.717, 1.165) is 183 Å². The number of unbranched alkanes of at least 4 members (excludes halogenated alkanes) is 28. The molecule has 4 rings (SSSR count). The van der Waals surface area contributed by atoms with Gasteiger partial charge in [0.2, 0.25) is 65.0 Å². The number of carbonyl (C=O) groups is 11. The molecule has 0 saturated carbocycles. The maximum Gasteiger partial charge on any atom is 0.242 e. The van der Waals surface area contributed by atoms with E-state index >= 15 is 33.6 Å². The molecule has 0 aliphatic heterocycles. The number of amides is 11. The highest BCUT2D eigenvalue weighted by molar-refractivity contribution is 5.95. The van der Waals surface area contributed by atoms with Crippen molar-refractivity contribution in [3.05, 3.63) is 144 Å². The van der Waals surface area contributed by atoms with Crippen LogP contribution < -0.4 is 22.5 Å². The SMILES string of the molecule is CCCCCCCCCCN(CC(N)=O)C(=O)CN(CCCCCCCCCC)C(=O)CN(CCCCCCCCCC)C(=O)CN(CCCCCCCCCC)C(=O)CN(CCc1ccccc1)C(=O)CN(CCc1ccccc1)C(=O)CN(CCN)C(=O)CN(CCc1ccccc1)C(=O)CN(CCc1ccccc1)C(=O)CN(CCN)C(=O)CNC(C)(C)COC(C)(C)C. The Morgan fingerprint density at radius 1 is 0.258 bits per heavy atom. The van der Waals surface area contributed by atoms with Gasteiger partial charge in [0, 0.05) is 84.1 Å². The van der Waals surface area contributed by atoms with Crippen molar-refractivity contribution < 1.29 is 57.5 Å². The molecule has 0 atom stereocenters. The summed E-state index contributed by atoms with van der Waals surface area (Å²) in [6, 6.07) is 38.0. The van der Waals surface area contributed by atoms with Gasteiger partial charge in [-0.1, -0.05) is 329 Å². The van der Waals surface area contributed by atoms with E-state index in [9.17, 15) is 19.2 Å². The minimum absolute atomic E-state index is 0.0194. The predicted molar refractivity (Wildman–Crippen MR) is 532 cm³/mol. The fourth-order valence-electron chi connectivity index (χ4n) is 16.0. The molecule has 0 radical (unpaired) electrons. The van der Waals surface area contributed by atoms with E-state index < -0.39 is 104 Å². The molecular formula is C106H174N14O12. The number of hydrogen-bond donors (Lipinski definition) is 4. The molecular weight excluding hydrogens is 1660 g/mol. The van der Waals surface area contributed by atoms with Crippen LogP contribution in [0.25, 0.3) is 0 Å². The Labute approximate surface area is 795 Å². The second-order valence-corrected chi connectivity index (χ2v) is 37.7. The number of ether oxygens (including phenoxy) is 1. The number of hydrogen-bond acceptors (Lipinski definition) is 15. The zero-order valence-corrected chi connectivity index (χ0v) is 83.1. The summed E-state index contributed by atoms with van der Waals surface area (Å²) in [6.45, 7) is 15.6. The van der Waals surface area contributed by atoms with E-state index in [1.54, 1.807) is 9.80 Å². The maximum absolute atomic E-state index is 15.7. The first-order valence-corrected chi connectivity index (χ1v) is 50.6. The third-order valence-electron chi connectivity index (χ3n) is 24.4. The lowest BCUT2D eigenvalue weighted by atomic mass is 10.1. The van der Waals surface area contributed by atoms with Gasteiger partial charge in [0.05, 0.1) is 84.2 Å². The average molecular weight is 1840 g/mol. The van der Waals surface area contributed by atoms with Crippen LogP contribution in [-0.4, -0.2) is 282 Å². The minimum Gasteiger partial charge on any atom is -0.374 e. The van der Waals surface area contributed by atoms with Crippen molar-refractivity contribution in [3.8, 4) is 0 Å². The molecule has 11 amide bonds. The number of nitrogens with two attached hydrogens (primary N) is 3. The fraction of sp³-hybridized carbons (Fsp3) is 0.670. The second kappa shape index (κ2) is 69.7. The molecule has 0 aliphatic carbocycles. The van der Waals surface area contributed by atoms with Crippen molar-refractivity contribution in [2.75, 3.05) is 157 Å². The van der Waals surface area contributed by atoms with Crippen molar-refractivity contribution in [2.45, 2.75) is 305 Å². The molecule has 4 aromatic carbocycles. The van der Waals surface area contributed by atoms with Crippen LogP contribution in [0.3, 0.4) is 0 Å². The second-order valence-electron chi connectivity index (χ2n) is 37.7. The molecule has 740 valence electrons. The maximum atomic E-state index is 15.7. The van der Waals surface area contributed by atoms with Crippen molar-refractivity contribution in [3.63, 3.8) is 0 Å². The van der Waals surface area contributed by atoms with Crippen LogP contribution in [-0.2, 0) is 83.2 Å². The van der Waals surface area contributed by atoms with E-state index in [-0.39, 0.29) is 117 Å². The van der Waals surface area contributed by atoms with Gasteiger partial charge < -0.3 is 76.3 Å². The van der Waals surface area contributed by atoms with E-state index in [1.165, 1.54) is 58.5 Å². The summed E-state index contributed by atoms with van der Waals surface area (Å²) < 4.78 is 6.04. The van der Waals surface area contributed by atoms with Crippen LogP contribution in [0.1, 0.15) is 290 Å². The zero-order valence-electron chi connectivity index (χ0n) is 83.1. The molecule has 26 nitrogen and oxygen atoms in total. The van der Waals surface area contributed by atoms with Gasteiger partial charge in [0.25, 0.3) is 0 Å². The summed E-state index contributed by atoms with van der Waals surface area (Å²) in [5, 5.41) is 3.28. The largest absolute Gasteiger partial charge is 0.374 e. The molecule has 0 heterocycles. The fourth-order valence-corrected chi connectivity index (χ4v) is 16.0. The highest BCUT2D eigenvalue weighted by Gasteiger charge is 2.34. The van der Waals surface area contributed by atoms with E-state index in [1.807, 2.05) is 156 Å². The van der Waals surface area contributed by atoms with Gasteiger partial charge >= 0.3 is 0 Å². The first kappa shape index (κ1) is 115. The highest BCUT2D eigenvalue weighted by Crippen LogP contribution is 2.20. The zero-order chi connectivity index (χ0) is 96.4. The summed E-state index contributed by atoms with van der Waals surface area (Å²) in [6.07, 6.45) is 33.4. The van der Waals surface area contributed by atoms with Crippen molar-refractivity contribution in [2.24, 2.45) is 17.2 Å². The van der Waals surface area contributed by atoms with Crippen LogP contribution in [0, 0.1) is 0 Å². The van der Waals surface area contributed by atoms with Crippen LogP contribution in [0.5, 0.6) is 0 Å². The number of nitrogens with one attached hydrogen (secondary N) is 1. The Morgan fingerprint density at radius 2 is 0.447 bits per heavy atom. The summed E-state index contributed by atoms with van der Waals surface area (Å²) in [7, 11) is 0. The molecule has 0 spiro atoms. The number of rotatable bonds is 77. The van der Waals surface area contributed by atoms with Crippen LogP contribution in [0.15, 0.2) is 121 Å². The Bertz CT molecular complexity index is 3840. The molecule has 0 fully saturated rings. The molecule has 0 saturated heterocycles. The first-order chi connectivity index (χ1) is 63.6. The molecule has 132 heavy (non-hydrogen) atoms. The standard InChI is InChI=1S/C106H174N14O12/c1-10-14-18-22-26-30-34-50-68-111(79-94(109)121)96(123)80-112(69-51-35-31-27-23-19-15-11-2)97(124)81-113(70-52-36-32-28-24-20-16-12-3)98(125)82-114(71-53-37-33-29-25-21-17-13-4)99(126)83-115(72-62-90-54-42-38-43-55-90)100(127)85-117(74-64-92-58-46-40-47-59-92)103(130)88-120(77-67-108)104(131)86-118(75-65-93-60-48-41-49-61-93)101(128)84-116(73-63-91-56-44-39-45-57-91)102(129)87-119(76-66-107)95(122)78-110-106(8,9)89-132-105(5,6)7/h38-49,54-61,110H,10-37,50-53,62-89,107-108H2,1-9H3,(H2,109,121). The van der Waals surface area contributed by atoms with Gasteiger partial charge in [-0.2, -0.15) is 0 Å². The topological polar surface area (TPSA) is 319 Å². The minimum atomic E-state index is -0.639. The Balaban J connectivity index is 1.78. The molecule has 7 N–H and O–H groups in total. The predicted octanol–water partition coefficient (Wildman–Crippen LogP) is 14.4. The molecule has 0 aliphatic rings. The lowest BCUT2D eigenvalue weighted by Gasteiger charge is -2.33. The van der Waals surface area contributed by atoms with E-state index in [2.05, 4.69) is 33.0 Å². The molecule has 0 bridgehead atoms. The van der Waals surface area contributed by atoms with Gasteiger partial charge in [0.1, 0.15) is 0 Å². The van der Waals surface area contributed by atoms with Crippen LogP contribution in [0.4, 0.5) is 0 Å². The molecule has 0 unspecified atom stereocenters. The van der Waals surface area contributed by atoms with Gasteiger partial charge in [0.15, 0.2) is 0 Å². The van der Waals surface area contributed by atoms with Crippen molar-refractivity contribution in [1.82, 2.24) is 54.3 Å². The summed E-state index contributed by atoms with van der Waals surface area (Å²) in [5.41, 5.74) is 20.8. The smallest absolute Gasteiger partial charge is 0.242 e. The molecule has 0 aromatic heterocycles. The average Bonchev–Trinajstić information content (AvgIpc) is 0.850. The lowest BCUT2D eigenvalue weighted by Crippen LogP contribution is -2.54. The van der Waals surface area contributed by atoms with Gasteiger partial charge in [-0.05, 0) is 108 Å².